The van der Waals surface area contributed by atoms with E-state index in [1.165, 1.54) is 0 Å². The number of ether oxygens (including phenoxy) is 1. The first kappa shape index (κ1) is 11.7. The van der Waals surface area contributed by atoms with Crippen LogP contribution in [0.4, 0.5) is 0 Å². The Balaban J connectivity index is 2.13. The van der Waals surface area contributed by atoms with Crippen molar-refractivity contribution in [3.05, 3.63) is 0 Å². The lowest BCUT2D eigenvalue weighted by Gasteiger charge is -2.34. The summed E-state index contributed by atoms with van der Waals surface area (Å²) in [5, 5.41) is 2.20. The van der Waals surface area contributed by atoms with Gasteiger partial charge in [-0.1, -0.05) is 0 Å². The number of nitrogens with one attached hydrogen (secondary N) is 1. The van der Waals surface area contributed by atoms with Crippen LogP contribution >= 0.6 is 0 Å². The van der Waals surface area contributed by atoms with Crippen molar-refractivity contribution < 1.29 is 17.7 Å². The van der Waals surface area contributed by atoms with E-state index in [-0.39, 0.29) is 24.2 Å². The van der Waals surface area contributed by atoms with Crippen molar-refractivity contribution in [2.45, 2.75) is 10.5 Å². The zero-order valence-corrected chi connectivity index (χ0v) is 9.98. The number of rotatable bonds is 1. The van der Waals surface area contributed by atoms with Crippen LogP contribution in [0, 0.1) is 0 Å². The van der Waals surface area contributed by atoms with E-state index in [0.29, 0.717) is 18.8 Å². The third-order valence-corrected chi connectivity index (χ3v) is 6.91. The molecule has 0 radical (unpaired) electrons. The quantitative estimate of drug-likeness (QED) is 0.577. The minimum Gasteiger partial charge on any atom is -0.616 e. The van der Waals surface area contributed by atoms with Gasteiger partial charge >= 0.3 is 0 Å². The summed E-state index contributed by atoms with van der Waals surface area (Å²) in [5.41, 5.74) is 0. The summed E-state index contributed by atoms with van der Waals surface area (Å²) in [6, 6.07) is 0. The molecule has 2 heterocycles. The van der Waals surface area contributed by atoms with Crippen LogP contribution in [0.3, 0.4) is 0 Å². The Kier molecular flexibility index (Phi) is 3.56. The van der Waals surface area contributed by atoms with Crippen molar-refractivity contribution >= 4 is 21.0 Å². The molecular weight excluding hydrogens is 238 g/mol. The van der Waals surface area contributed by atoms with E-state index in [2.05, 4.69) is 5.32 Å². The van der Waals surface area contributed by atoms with Crippen LogP contribution in [0.15, 0.2) is 0 Å². The van der Waals surface area contributed by atoms with Crippen LogP contribution in [0.1, 0.15) is 0 Å². The van der Waals surface area contributed by atoms with Crippen molar-refractivity contribution in [2.75, 3.05) is 37.8 Å². The highest BCUT2D eigenvalue weighted by Gasteiger charge is 2.43. The van der Waals surface area contributed by atoms with Gasteiger partial charge in [-0.3, -0.25) is 0 Å². The van der Waals surface area contributed by atoms with Crippen LogP contribution in [-0.4, -0.2) is 61.3 Å². The second-order valence-electron chi connectivity index (χ2n) is 3.81. The molecule has 3 atom stereocenters. The lowest BCUT2D eigenvalue weighted by molar-refractivity contribution is 0.136. The van der Waals surface area contributed by atoms with Crippen molar-refractivity contribution in [3.63, 3.8) is 0 Å². The second-order valence-corrected chi connectivity index (χ2v) is 7.92. The lowest BCUT2D eigenvalue weighted by Crippen LogP contribution is -2.55. The molecule has 0 aromatic heterocycles. The molecule has 0 saturated carbocycles. The Morgan fingerprint density at radius 2 is 2.27 bits per heavy atom. The summed E-state index contributed by atoms with van der Waals surface area (Å²) in [7, 11) is -3.11. The second kappa shape index (κ2) is 4.58. The molecule has 0 bridgehead atoms. The highest BCUT2D eigenvalue weighted by Crippen LogP contribution is 2.20. The van der Waals surface area contributed by atoms with Gasteiger partial charge in [0.2, 0.25) is 0 Å². The normalized spacial score (nSPS) is 41.3. The summed E-state index contributed by atoms with van der Waals surface area (Å²) in [4.78, 5) is 0. The maximum absolute atomic E-state index is 11.8. The molecule has 2 rings (SSSR count). The molecule has 1 N–H and O–H groups in total. The standard InChI is InChI=1S/C8H15NO4S2/c10-14-3-1-9-5-7(14)8-6-13-2-4-15(8,11)12/h7-9H,1-6H2. The molecule has 0 spiro atoms. The van der Waals surface area contributed by atoms with Gasteiger partial charge in [-0.05, 0) is 11.2 Å². The van der Waals surface area contributed by atoms with Crippen LogP contribution in [-0.2, 0) is 25.7 Å². The van der Waals surface area contributed by atoms with Gasteiger partial charge in [0.25, 0.3) is 0 Å². The first-order valence-electron chi connectivity index (χ1n) is 4.98. The minimum absolute atomic E-state index is 0.0609. The Bertz CT molecular complexity index is 319. The molecular formula is C8H15NO4S2. The molecule has 7 heteroatoms. The highest BCUT2D eigenvalue weighted by molar-refractivity contribution is 7.96. The fourth-order valence-corrected chi connectivity index (χ4v) is 5.69. The molecule has 0 aliphatic carbocycles. The maximum Gasteiger partial charge on any atom is 0.162 e. The molecule has 2 saturated heterocycles. The molecule has 2 aliphatic rings. The van der Waals surface area contributed by atoms with E-state index in [1.807, 2.05) is 0 Å². The van der Waals surface area contributed by atoms with E-state index in [9.17, 15) is 13.0 Å². The summed E-state index contributed by atoms with van der Waals surface area (Å²) in [6.45, 7) is 1.68. The predicted octanol–water partition coefficient (Wildman–Crippen LogP) is -1.48. The zero-order chi connectivity index (χ0) is 10.9. The highest BCUT2D eigenvalue weighted by atomic mass is 32.2. The largest absolute Gasteiger partial charge is 0.616 e. The van der Waals surface area contributed by atoms with Crippen LogP contribution < -0.4 is 5.32 Å². The smallest absolute Gasteiger partial charge is 0.162 e. The Morgan fingerprint density at radius 1 is 1.47 bits per heavy atom. The van der Waals surface area contributed by atoms with Gasteiger partial charge in [0.05, 0.1) is 19.0 Å². The fraction of sp³-hybridized carbons (Fsp3) is 1.00. The Morgan fingerprint density at radius 3 is 2.93 bits per heavy atom. The SMILES string of the molecule is O=S1(=O)CCOCC1C1CNCC[S+]1[O-]. The average Bonchev–Trinajstić information content (AvgIpc) is 2.19. The van der Waals surface area contributed by atoms with Crippen molar-refractivity contribution in [2.24, 2.45) is 0 Å². The fourth-order valence-electron chi connectivity index (χ4n) is 1.93. The minimum atomic E-state index is -3.11. The third-order valence-electron chi connectivity index (χ3n) is 2.83. The topological polar surface area (TPSA) is 78.5 Å². The van der Waals surface area contributed by atoms with E-state index < -0.39 is 26.3 Å². The van der Waals surface area contributed by atoms with E-state index in [1.54, 1.807) is 0 Å². The van der Waals surface area contributed by atoms with E-state index >= 15 is 0 Å². The number of hydrogen-bond acceptors (Lipinski definition) is 5. The lowest BCUT2D eigenvalue weighted by atomic mass is 10.3. The summed E-state index contributed by atoms with van der Waals surface area (Å²) >= 11 is -1.04. The molecule has 0 aromatic carbocycles. The van der Waals surface area contributed by atoms with Gasteiger partial charge < -0.3 is 14.6 Å². The van der Waals surface area contributed by atoms with Crippen LogP contribution in [0.25, 0.3) is 0 Å². The number of sulfone groups is 1. The van der Waals surface area contributed by atoms with Crippen molar-refractivity contribution in [1.82, 2.24) is 5.32 Å². The van der Waals surface area contributed by atoms with E-state index in [4.69, 9.17) is 4.74 Å². The summed E-state index contributed by atoms with van der Waals surface area (Å²) in [6.07, 6.45) is 0. The molecule has 2 fully saturated rings. The molecule has 2 aliphatic heterocycles. The summed E-state index contributed by atoms with van der Waals surface area (Å²) in [5.74, 6) is 0.599. The van der Waals surface area contributed by atoms with Crippen LogP contribution in [0.2, 0.25) is 0 Å². The predicted molar refractivity (Wildman–Crippen MR) is 58.1 cm³/mol. The molecule has 3 unspecified atom stereocenters. The zero-order valence-electron chi connectivity index (χ0n) is 8.35. The maximum atomic E-state index is 11.8. The third kappa shape index (κ3) is 2.47. The first-order valence-corrected chi connectivity index (χ1v) is 8.08. The number of hydrogen-bond donors (Lipinski definition) is 1. The van der Waals surface area contributed by atoms with Gasteiger partial charge in [0.15, 0.2) is 9.84 Å². The van der Waals surface area contributed by atoms with E-state index in [0.717, 1.165) is 0 Å². The molecule has 5 nitrogen and oxygen atoms in total. The van der Waals surface area contributed by atoms with Gasteiger partial charge in [0, 0.05) is 13.1 Å². The van der Waals surface area contributed by atoms with Crippen molar-refractivity contribution in [1.29, 1.82) is 0 Å². The van der Waals surface area contributed by atoms with Gasteiger partial charge in [-0.2, -0.15) is 0 Å². The first-order chi connectivity index (χ1) is 7.11. The Hall–Kier alpha value is 0.180. The van der Waals surface area contributed by atoms with Crippen LogP contribution in [0.5, 0.6) is 0 Å². The molecule has 0 aromatic rings. The summed E-state index contributed by atoms with van der Waals surface area (Å²) < 4.78 is 40.5. The van der Waals surface area contributed by atoms with Crippen molar-refractivity contribution in [3.8, 4) is 0 Å². The Labute approximate surface area is 92.7 Å². The van der Waals surface area contributed by atoms with Gasteiger partial charge in [0.1, 0.15) is 16.3 Å². The van der Waals surface area contributed by atoms with Gasteiger partial charge in [-0.15, -0.1) is 0 Å². The molecule has 15 heavy (non-hydrogen) atoms. The molecule has 88 valence electrons. The average molecular weight is 253 g/mol. The van der Waals surface area contributed by atoms with Gasteiger partial charge in [-0.25, -0.2) is 8.42 Å². The monoisotopic (exact) mass is 253 g/mol. The molecule has 0 amide bonds.